The number of rotatable bonds is 17. The van der Waals surface area contributed by atoms with Crippen molar-refractivity contribution in [1.82, 2.24) is 0 Å². The maximum atomic E-state index is 11.5. The van der Waals surface area contributed by atoms with Gasteiger partial charge >= 0.3 is 27.0 Å². The minimum Gasteiger partial charge on any atom is -0.481 e. The third-order valence-electron chi connectivity index (χ3n) is 4.48. The molecule has 0 saturated carbocycles. The van der Waals surface area contributed by atoms with Crippen LogP contribution in [0.15, 0.2) is 0 Å². The maximum Gasteiger partial charge on any atom is 0.355 e. The molecule has 0 aromatic carbocycles. The molecule has 0 aliphatic heterocycles. The van der Waals surface area contributed by atoms with Crippen molar-refractivity contribution < 1.29 is 37.5 Å². The fourth-order valence-electron chi connectivity index (χ4n) is 2.93. The first kappa shape index (κ1) is 25.8. The second-order valence-corrected chi connectivity index (χ2v) is 8.61. The van der Waals surface area contributed by atoms with Crippen LogP contribution in [-0.2, 0) is 24.4 Å². The van der Waals surface area contributed by atoms with Crippen molar-refractivity contribution in [1.29, 1.82) is 0 Å². The first-order valence-electron chi connectivity index (χ1n) is 9.67. The summed E-state index contributed by atoms with van der Waals surface area (Å²) >= 11 is 0. The lowest BCUT2D eigenvalue weighted by atomic mass is 10.0. The summed E-state index contributed by atoms with van der Waals surface area (Å²) < 4.78 is 37.3. The Bertz CT molecular complexity index is 546. The van der Waals surface area contributed by atoms with Crippen LogP contribution in [0.3, 0.4) is 0 Å². The monoisotopic (exact) mass is 410 g/mol. The van der Waals surface area contributed by atoms with E-state index in [1.54, 1.807) is 0 Å². The first-order chi connectivity index (χ1) is 12.6. The Hall–Kier alpha value is -1.19. The van der Waals surface area contributed by atoms with Crippen LogP contribution in [0.1, 0.15) is 90.9 Å². The number of carboxylic acid groups (broad SMARTS) is 2. The normalized spacial score (nSPS) is 15.2. The first-order valence-corrected chi connectivity index (χ1v) is 11.1. The Morgan fingerprint density at radius 1 is 0.926 bits per heavy atom. The number of hydrogen-bond donors (Lipinski definition) is 3. The molecule has 3 N–H and O–H groups in total. The van der Waals surface area contributed by atoms with Crippen LogP contribution in [-0.4, -0.2) is 46.2 Å². The van der Waals surface area contributed by atoms with Crippen molar-refractivity contribution >= 4 is 22.1 Å². The van der Waals surface area contributed by atoms with Gasteiger partial charge in [-0.1, -0.05) is 71.1 Å². The van der Waals surface area contributed by atoms with E-state index in [0.717, 1.165) is 19.3 Å². The molecule has 0 spiro atoms. The van der Waals surface area contributed by atoms with Crippen molar-refractivity contribution in [3.8, 4) is 0 Å². The lowest BCUT2D eigenvalue weighted by Crippen LogP contribution is -2.52. The standard InChI is InChI=1S/C18H34O8S/c1-3-4-5-6-7-8-9-10-11-12-13-15(2)26-18(17(21)22,14-16(19)20)27(23,24)25/h15H,3-14H2,1-2H3,(H,19,20)(H,21,22)(H,23,24,25). The highest BCUT2D eigenvalue weighted by Gasteiger charge is 2.55. The summed E-state index contributed by atoms with van der Waals surface area (Å²) in [5, 5.41) is 18.0. The van der Waals surface area contributed by atoms with Gasteiger partial charge < -0.3 is 14.9 Å². The Morgan fingerprint density at radius 3 is 1.74 bits per heavy atom. The Morgan fingerprint density at radius 2 is 1.37 bits per heavy atom. The van der Waals surface area contributed by atoms with Crippen LogP contribution < -0.4 is 0 Å². The van der Waals surface area contributed by atoms with E-state index in [1.807, 2.05) is 0 Å². The molecule has 2 unspecified atom stereocenters. The number of carbonyl (C=O) groups is 2. The summed E-state index contributed by atoms with van der Waals surface area (Å²) in [4.78, 5) is 19.0. The summed E-state index contributed by atoms with van der Waals surface area (Å²) in [6.07, 6.45) is 9.37. The Labute approximate surface area is 162 Å². The molecule has 0 aliphatic rings. The topological polar surface area (TPSA) is 138 Å². The van der Waals surface area contributed by atoms with E-state index >= 15 is 0 Å². The number of carboxylic acids is 2. The molecule has 27 heavy (non-hydrogen) atoms. The van der Waals surface area contributed by atoms with Gasteiger partial charge in [0.25, 0.3) is 0 Å². The molecule has 2 atom stereocenters. The number of hydrogen-bond acceptors (Lipinski definition) is 5. The van der Waals surface area contributed by atoms with E-state index < -0.39 is 39.5 Å². The molecule has 0 aromatic heterocycles. The summed E-state index contributed by atoms with van der Waals surface area (Å²) in [5.41, 5.74) is 0. The fourth-order valence-corrected chi connectivity index (χ4v) is 3.74. The molecule has 8 nitrogen and oxygen atoms in total. The average Bonchev–Trinajstić information content (AvgIpc) is 2.54. The lowest BCUT2D eigenvalue weighted by molar-refractivity contribution is -0.167. The van der Waals surface area contributed by atoms with Crippen molar-refractivity contribution in [2.45, 2.75) is 102 Å². The van der Waals surface area contributed by atoms with Gasteiger partial charge in [-0.2, -0.15) is 8.42 Å². The van der Waals surface area contributed by atoms with Crippen LogP contribution in [0.2, 0.25) is 0 Å². The Kier molecular flexibility index (Phi) is 12.5. The summed E-state index contributed by atoms with van der Waals surface area (Å²) in [6, 6.07) is 0. The lowest BCUT2D eigenvalue weighted by Gasteiger charge is -2.28. The zero-order valence-electron chi connectivity index (χ0n) is 16.4. The van der Waals surface area contributed by atoms with Crippen LogP contribution in [0, 0.1) is 0 Å². The van der Waals surface area contributed by atoms with E-state index in [2.05, 4.69) is 6.92 Å². The molecule has 0 amide bonds. The van der Waals surface area contributed by atoms with Gasteiger partial charge in [0.2, 0.25) is 0 Å². The predicted molar refractivity (Wildman–Crippen MR) is 101 cm³/mol. The molecular formula is C18H34O8S. The van der Waals surface area contributed by atoms with E-state index in [9.17, 15) is 27.7 Å². The van der Waals surface area contributed by atoms with Crippen LogP contribution >= 0.6 is 0 Å². The van der Waals surface area contributed by atoms with Gasteiger partial charge in [0.05, 0.1) is 6.10 Å². The maximum absolute atomic E-state index is 11.5. The molecular weight excluding hydrogens is 376 g/mol. The number of unbranched alkanes of at least 4 members (excludes halogenated alkanes) is 9. The molecule has 0 bridgehead atoms. The van der Waals surface area contributed by atoms with Crippen LogP contribution in [0.5, 0.6) is 0 Å². The van der Waals surface area contributed by atoms with Crippen LogP contribution in [0.4, 0.5) is 0 Å². The van der Waals surface area contributed by atoms with Gasteiger partial charge in [-0.05, 0) is 13.3 Å². The second kappa shape index (κ2) is 13.1. The predicted octanol–water partition coefficient (Wildman–Crippen LogP) is 3.85. The van der Waals surface area contributed by atoms with Gasteiger partial charge in [-0.25, -0.2) is 4.79 Å². The Balaban J connectivity index is 4.31. The quantitative estimate of drug-likeness (QED) is 0.243. The van der Waals surface area contributed by atoms with Crippen molar-refractivity contribution in [3.63, 3.8) is 0 Å². The highest BCUT2D eigenvalue weighted by atomic mass is 32.2. The van der Waals surface area contributed by atoms with Crippen molar-refractivity contribution in [2.75, 3.05) is 0 Å². The largest absolute Gasteiger partial charge is 0.481 e. The highest BCUT2D eigenvalue weighted by molar-refractivity contribution is 7.88. The molecule has 0 heterocycles. The summed E-state index contributed by atoms with van der Waals surface area (Å²) in [6.45, 7) is 3.65. The summed E-state index contributed by atoms with van der Waals surface area (Å²) in [5.74, 6) is -3.73. The zero-order chi connectivity index (χ0) is 20.9. The molecule has 0 saturated heterocycles. The van der Waals surface area contributed by atoms with E-state index in [-0.39, 0.29) is 0 Å². The second-order valence-electron chi connectivity index (χ2n) is 7.00. The average molecular weight is 411 g/mol. The molecule has 9 heteroatoms. The van der Waals surface area contributed by atoms with Gasteiger partial charge in [-0.15, -0.1) is 0 Å². The fraction of sp³-hybridized carbons (Fsp3) is 0.889. The minimum atomic E-state index is -5.27. The third kappa shape index (κ3) is 10.1. The summed E-state index contributed by atoms with van der Waals surface area (Å²) in [7, 11) is -5.27. The molecule has 160 valence electrons. The van der Waals surface area contributed by atoms with Crippen molar-refractivity contribution in [3.05, 3.63) is 0 Å². The van der Waals surface area contributed by atoms with E-state index in [0.29, 0.717) is 12.8 Å². The third-order valence-corrected chi connectivity index (χ3v) is 5.73. The smallest absolute Gasteiger partial charge is 0.355 e. The van der Waals surface area contributed by atoms with Gasteiger partial charge in [0.1, 0.15) is 6.42 Å². The molecule has 0 radical (unpaired) electrons. The number of aliphatic carboxylic acids is 2. The zero-order valence-corrected chi connectivity index (χ0v) is 17.2. The van der Waals surface area contributed by atoms with Crippen LogP contribution in [0.25, 0.3) is 0 Å². The molecule has 0 aliphatic carbocycles. The highest BCUT2D eigenvalue weighted by Crippen LogP contribution is 2.27. The van der Waals surface area contributed by atoms with Gasteiger partial charge in [0.15, 0.2) is 0 Å². The SMILES string of the molecule is CCCCCCCCCCCCC(C)OC(CC(=O)O)(C(=O)O)S(=O)(=O)O. The van der Waals surface area contributed by atoms with Gasteiger partial charge in [-0.3, -0.25) is 9.35 Å². The van der Waals surface area contributed by atoms with E-state index in [4.69, 9.17) is 9.84 Å². The molecule has 0 fully saturated rings. The molecule has 0 rings (SSSR count). The van der Waals surface area contributed by atoms with Crippen molar-refractivity contribution in [2.24, 2.45) is 0 Å². The van der Waals surface area contributed by atoms with E-state index in [1.165, 1.54) is 45.4 Å². The molecule has 0 aromatic rings. The number of ether oxygens (including phenoxy) is 1. The minimum absolute atomic E-state index is 0.376. The van der Waals surface area contributed by atoms with Gasteiger partial charge in [0, 0.05) is 0 Å².